The fourth-order valence-electron chi connectivity index (χ4n) is 1.89. The van der Waals surface area contributed by atoms with Crippen LogP contribution in [0.5, 0.6) is 0 Å². The van der Waals surface area contributed by atoms with Crippen LogP contribution in [0.15, 0.2) is 18.3 Å². The highest BCUT2D eigenvalue weighted by molar-refractivity contribution is 5.19. The van der Waals surface area contributed by atoms with Gasteiger partial charge in [0.25, 0.3) is 0 Å². The first-order valence-electron chi connectivity index (χ1n) is 6.60. The van der Waals surface area contributed by atoms with Crippen molar-refractivity contribution in [1.29, 1.82) is 0 Å². The minimum absolute atomic E-state index is 0.928. The van der Waals surface area contributed by atoms with E-state index in [0.29, 0.717) is 0 Å². The normalized spacial score (nSPS) is 11.1. The van der Waals surface area contributed by atoms with Gasteiger partial charge in [0, 0.05) is 19.3 Å². The molecule has 0 amide bonds. The van der Waals surface area contributed by atoms with E-state index >= 15 is 0 Å². The second-order valence-corrected chi connectivity index (χ2v) is 4.52. The zero-order chi connectivity index (χ0) is 12.5. The molecule has 0 aliphatic rings. The number of nitrogens with zero attached hydrogens (tertiary/aromatic N) is 2. The Morgan fingerprint density at radius 2 is 2.12 bits per heavy atom. The molecule has 0 atom stereocenters. The Bertz CT molecular complexity index is 312. The molecule has 96 valence electrons. The fraction of sp³-hybridized carbons (Fsp3) is 0.643. The van der Waals surface area contributed by atoms with Gasteiger partial charge in [0.1, 0.15) is 0 Å². The summed E-state index contributed by atoms with van der Waals surface area (Å²) in [5.41, 5.74) is 2.52. The molecule has 0 aromatic carbocycles. The van der Waals surface area contributed by atoms with Gasteiger partial charge in [0.05, 0.1) is 5.69 Å². The van der Waals surface area contributed by atoms with E-state index in [-0.39, 0.29) is 0 Å². The Hall–Kier alpha value is -0.930. The molecular weight excluding hydrogens is 210 g/mol. The van der Waals surface area contributed by atoms with Crippen molar-refractivity contribution in [3.63, 3.8) is 0 Å². The molecule has 0 unspecified atom stereocenters. The van der Waals surface area contributed by atoms with E-state index in [0.717, 1.165) is 26.2 Å². The maximum Gasteiger partial charge on any atom is 0.0588 e. The first kappa shape index (κ1) is 14.1. The van der Waals surface area contributed by atoms with Crippen molar-refractivity contribution in [2.24, 2.45) is 0 Å². The van der Waals surface area contributed by atoms with Crippen LogP contribution in [-0.4, -0.2) is 30.0 Å². The molecule has 0 aliphatic heterocycles. The number of hydrogen-bond acceptors (Lipinski definition) is 3. The Labute approximate surface area is 105 Å². The summed E-state index contributed by atoms with van der Waals surface area (Å²) in [5, 5.41) is 3.44. The second kappa shape index (κ2) is 8.20. The Balaban J connectivity index is 2.57. The van der Waals surface area contributed by atoms with Crippen molar-refractivity contribution >= 4 is 0 Å². The minimum atomic E-state index is 0.928. The topological polar surface area (TPSA) is 28.2 Å². The molecule has 1 aromatic rings. The van der Waals surface area contributed by atoms with Crippen LogP contribution >= 0.6 is 0 Å². The number of rotatable bonds is 8. The van der Waals surface area contributed by atoms with Gasteiger partial charge in [-0.25, -0.2) is 0 Å². The Morgan fingerprint density at radius 3 is 2.82 bits per heavy atom. The predicted molar refractivity (Wildman–Crippen MR) is 72.9 cm³/mol. The fourth-order valence-corrected chi connectivity index (χ4v) is 1.89. The van der Waals surface area contributed by atoms with Crippen molar-refractivity contribution in [2.75, 3.05) is 20.1 Å². The first-order chi connectivity index (χ1) is 8.27. The maximum absolute atomic E-state index is 4.50. The van der Waals surface area contributed by atoms with Crippen LogP contribution < -0.4 is 5.32 Å². The maximum atomic E-state index is 4.50. The Kier molecular flexibility index (Phi) is 6.82. The van der Waals surface area contributed by atoms with Crippen LogP contribution in [0.25, 0.3) is 0 Å². The molecule has 17 heavy (non-hydrogen) atoms. The molecule has 0 fully saturated rings. The van der Waals surface area contributed by atoms with Gasteiger partial charge in [-0.2, -0.15) is 0 Å². The van der Waals surface area contributed by atoms with Crippen molar-refractivity contribution in [3.8, 4) is 0 Å². The average Bonchev–Trinajstić information content (AvgIpc) is 2.32. The zero-order valence-corrected chi connectivity index (χ0v) is 11.4. The lowest BCUT2D eigenvalue weighted by atomic mass is 10.2. The van der Waals surface area contributed by atoms with Gasteiger partial charge in [-0.3, -0.25) is 4.98 Å². The van der Waals surface area contributed by atoms with Crippen LogP contribution in [-0.2, 0) is 13.1 Å². The van der Waals surface area contributed by atoms with Gasteiger partial charge < -0.3 is 10.2 Å². The highest BCUT2D eigenvalue weighted by atomic mass is 15.1. The van der Waals surface area contributed by atoms with Crippen molar-refractivity contribution in [3.05, 3.63) is 29.6 Å². The molecule has 1 N–H and O–H groups in total. The highest BCUT2D eigenvalue weighted by Gasteiger charge is 2.05. The predicted octanol–water partition coefficient (Wildman–Crippen LogP) is 2.42. The Morgan fingerprint density at radius 1 is 1.29 bits per heavy atom. The lowest BCUT2D eigenvalue weighted by molar-refractivity contribution is 0.322. The second-order valence-electron chi connectivity index (χ2n) is 4.52. The summed E-state index contributed by atoms with van der Waals surface area (Å²) < 4.78 is 0. The summed E-state index contributed by atoms with van der Waals surface area (Å²) in [4.78, 5) is 6.82. The summed E-state index contributed by atoms with van der Waals surface area (Å²) in [7, 11) is 2.15. The minimum Gasteiger partial charge on any atom is -0.313 e. The zero-order valence-electron chi connectivity index (χ0n) is 11.4. The van der Waals surface area contributed by atoms with E-state index in [1.54, 1.807) is 0 Å². The number of hydrogen-bond donors (Lipinski definition) is 1. The third-order valence-corrected chi connectivity index (χ3v) is 2.75. The van der Waals surface area contributed by atoms with Crippen LogP contribution in [0.2, 0.25) is 0 Å². The molecule has 0 saturated heterocycles. The molecule has 0 saturated carbocycles. The summed E-state index contributed by atoms with van der Waals surface area (Å²) in [6.45, 7) is 8.46. The molecular formula is C14H25N3. The molecule has 3 heteroatoms. The summed E-state index contributed by atoms with van der Waals surface area (Å²) >= 11 is 0. The molecule has 0 spiro atoms. The summed E-state index contributed by atoms with van der Waals surface area (Å²) in [6.07, 6.45) is 4.25. The number of aromatic nitrogens is 1. The van der Waals surface area contributed by atoms with Crippen molar-refractivity contribution < 1.29 is 0 Å². The van der Waals surface area contributed by atoms with Gasteiger partial charge in [-0.05, 0) is 44.6 Å². The SMILES string of the molecule is CCCNCc1cccnc1CN(C)CCC. The molecule has 1 aromatic heterocycles. The molecule has 0 bridgehead atoms. The average molecular weight is 235 g/mol. The monoisotopic (exact) mass is 235 g/mol. The van der Waals surface area contributed by atoms with E-state index in [4.69, 9.17) is 0 Å². The van der Waals surface area contributed by atoms with Crippen molar-refractivity contribution in [1.82, 2.24) is 15.2 Å². The quantitative estimate of drug-likeness (QED) is 0.701. The van der Waals surface area contributed by atoms with E-state index in [1.165, 1.54) is 24.1 Å². The van der Waals surface area contributed by atoms with Crippen LogP contribution in [0.1, 0.15) is 37.9 Å². The highest BCUT2D eigenvalue weighted by Crippen LogP contribution is 2.08. The standard InChI is InChI=1S/C14H25N3/c1-4-8-15-11-13-7-6-9-16-14(13)12-17(3)10-5-2/h6-7,9,15H,4-5,8,10-12H2,1-3H3. The molecule has 1 rings (SSSR count). The smallest absolute Gasteiger partial charge is 0.0588 e. The molecule has 0 radical (unpaired) electrons. The molecule has 1 heterocycles. The lowest BCUT2D eigenvalue weighted by Gasteiger charge is -2.17. The van der Waals surface area contributed by atoms with Gasteiger partial charge in [-0.15, -0.1) is 0 Å². The van der Waals surface area contributed by atoms with Crippen LogP contribution in [0.3, 0.4) is 0 Å². The summed E-state index contributed by atoms with van der Waals surface area (Å²) in [5.74, 6) is 0. The molecule has 3 nitrogen and oxygen atoms in total. The van der Waals surface area contributed by atoms with E-state index in [2.05, 4.69) is 42.2 Å². The third kappa shape index (κ3) is 5.29. The number of nitrogens with one attached hydrogen (secondary N) is 1. The van der Waals surface area contributed by atoms with Gasteiger partial charge in [0.15, 0.2) is 0 Å². The van der Waals surface area contributed by atoms with Gasteiger partial charge in [0.2, 0.25) is 0 Å². The number of pyridine rings is 1. The summed E-state index contributed by atoms with van der Waals surface area (Å²) in [6, 6.07) is 4.19. The lowest BCUT2D eigenvalue weighted by Crippen LogP contribution is -2.22. The van der Waals surface area contributed by atoms with E-state index in [1.807, 2.05) is 12.3 Å². The third-order valence-electron chi connectivity index (χ3n) is 2.75. The largest absolute Gasteiger partial charge is 0.313 e. The van der Waals surface area contributed by atoms with Gasteiger partial charge >= 0.3 is 0 Å². The van der Waals surface area contributed by atoms with E-state index in [9.17, 15) is 0 Å². The van der Waals surface area contributed by atoms with Crippen LogP contribution in [0, 0.1) is 0 Å². The molecule has 0 aliphatic carbocycles. The van der Waals surface area contributed by atoms with E-state index < -0.39 is 0 Å². The van der Waals surface area contributed by atoms with Gasteiger partial charge in [-0.1, -0.05) is 19.9 Å². The van der Waals surface area contributed by atoms with Crippen LogP contribution in [0.4, 0.5) is 0 Å². The first-order valence-corrected chi connectivity index (χ1v) is 6.60. The van der Waals surface area contributed by atoms with Crippen molar-refractivity contribution in [2.45, 2.75) is 39.8 Å².